The first kappa shape index (κ1) is 37.4. The van der Waals surface area contributed by atoms with E-state index in [4.69, 9.17) is 9.97 Å². The second-order valence-electron chi connectivity index (χ2n) is 18.6. The number of aromatic nitrogens is 4. The van der Waals surface area contributed by atoms with Gasteiger partial charge in [-0.05, 0) is 133 Å². The summed E-state index contributed by atoms with van der Waals surface area (Å²) < 4.78 is 4.66. The van der Waals surface area contributed by atoms with Crippen molar-refractivity contribution >= 4 is 76.7 Å². The third kappa shape index (κ3) is 5.09. The molecular formula is C64H40N4. The molecule has 4 heteroatoms. The summed E-state index contributed by atoms with van der Waals surface area (Å²) >= 11 is 0. The zero-order valence-corrected chi connectivity index (χ0v) is 37.2. The van der Waals surface area contributed by atoms with Crippen molar-refractivity contribution in [2.75, 3.05) is 0 Å². The maximum atomic E-state index is 5.12. The third-order valence-corrected chi connectivity index (χ3v) is 15.2. The molecule has 1 unspecified atom stereocenters. The Morgan fingerprint density at radius 2 is 0.706 bits per heavy atom. The lowest BCUT2D eigenvalue weighted by atomic mass is 9.71. The van der Waals surface area contributed by atoms with Crippen LogP contribution in [0.2, 0.25) is 0 Å². The van der Waals surface area contributed by atoms with Crippen LogP contribution in [0.3, 0.4) is 0 Å². The number of benzene rings is 10. The molecule has 1 aliphatic rings. The van der Waals surface area contributed by atoms with Gasteiger partial charge in [-0.1, -0.05) is 170 Å². The molecule has 0 fully saturated rings. The molecule has 4 heterocycles. The van der Waals surface area contributed by atoms with E-state index in [0.29, 0.717) is 0 Å². The van der Waals surface area contributed by atoms with Gasteiger partial charge in [-0.25, -0.2) is 9.97 Å². The van der Waals surface area contributed by atoms with Crippen molar-refractivity contribution in [1.82, 2.24) is 18.8 Å². The van der Waals surface area contributed by atoms with Gasteiger partial charge in [0.2, 0.25) is 0 Å². The van der Waals surface area contributed by atoms with Crippen LogP contribution in [-0.2, 0) is 5.41 Å². The molecule has 1 aliphatic carbocycles. The Balaban J connectivity index is 0.855. The Morgan fingerprint density at radius 1 is 0.294 bits per heavy atom. The largest absolute Gasteiger partial charge is 0.292 e. The third-order valence-electron chi connectivity index (χ3n) is 15.2. The van der Waals surface area contributed by atoms with Crippen molar-refractivity contribution in [3.05, 3.63) is 241 Å². The summed E-state index contributed by atoms with van der Waals surface area (Å²) in [5.41, 5.74) is 21.9. The van der Waals surface area contributed by atoms with Crippen molar-refractivity contribution in [3.8, 4) is 44.5 Å². The highest BCUT2D eigenvalue weighted by atomic mass is 15.0. The summed E-state index contributed by atoms with van der Waals surface area (Å²) in [7, 11) is 0. The molecule has 10 aromatic carbocycles. The molecule has 1 atom stereocenters. The first-order valence-electron chi connectivity index (χ1n) is 23.5. The molecule has 0 bridgehead atoms. The number of hydrogen-bond acceptors (Lipinski definition) is 2. The van der Waals surface area contributed by atoms with Crippen molar-refractivity contribution in [3.63, 3.8) is 0 Å². The molecule has 316 valence electrons. The summed E-state index contributed by atoms with van der Waals surface area (Å²) in [6.45, 7) is 2.43. The lowest BCUT2D eigenvalue weighted by molar-refractivity contribution is 0.716. The average Bonchev–Trinajstić information content (AvgIpc) is 4.08. The van der Waals surface area contributed by atoms with Gasteiger partial charge in [0.15, 0.2) is 0 Å². The Morgan fingerprint density at radius 3 is 1.31 bits per heavy atom. The van der Waals surface area contributed by atoms with Gasteiger partial charge < -0.3 is 0 Å². The molecular weight excluding hydrogens is 825 g/mol. The van der Waals surface area contributed by atoms with E-state index in [9.17, 15) is 0 Å². The summed E-state index contributed by atoms with van der Waals surface area (Å²) in [4.78, 5) is 10.2. The van der Waals surface area contributed by atoms with Crippen LogP contribution < -0.4 is 0 Å². The van der Waals surface area contributed by atoms with Gasteiger partial charge in [-0.3, -0.25) is 8.80 Å². The zero-order chi connectivity index (χ0) is 44.7. The normalized spacial score (nSPS) is 14.6. The number of nitrogens with zero attached hydrogens (tertiary/aromatic N) is 4. The van der Waals surface area contributed by atoms with Gasteiger partial charge >= 0.3 is 0 Å². The molecule has 0 aliphatic heterocycles. The molecule has 68 heavy (non-hydrogen) atoms. The van der Waals surface area contributed by atoms with Crippen LogP contribution in [0.4, 0.5) is 0 Å². The van der Waals surface area contributed by atoms with Crippen LogP contribution in [0, 0.1) is 0 Å². The fraction of sp³-hybridized carbons (Fsp3) is 0.0312. The van der Waals surface area contributed by atoms with Crippen LogP contribution in [0.5, 0.6) is 0 Å². The van der Waals surface area contributed by atoms with Crippen LogP contribution >= 0.6 is 0 Å². The van der Waals surface area contributed by atoms with E-state index in [-0.39, 0.29) is 0 Å². The molecule has 4 aromatic heterocycles. The van der Waals surface area contributed by atoms with E-state index in [1.807, 2.05) is 0 Å². The van der Waals surface area contributed by atoms with E-state index in [2.05, 4.69) is 240 Å². The number of para-hydroxylation sites is 4. The molecule has 15 rings (SSSR count). The minimum absolute atomic E-state index is 0.412. The quantitative estimate of drug-likeness (QED) is 0.165. The van der Waals surface area contributed by atoms with Gasteiger partial charge in [0.05, 0.1) is 33.1 Å². The standard InChI is InChI=1S/C64H40N4/c1-64(53-20-8-6-14-44(53)40-28-26-39(27-29-40)41-31-34-58-51(36-41)45-15-2-4-18-49(45)62-65-56-22-10-12-24-60(56)67(58)62)54-21-9-7-17-47(54)48-33-30-43(38-55(48)64)42-32-35-59-52(37-42)46-16-3-5-19-50(46)63-66-57-23-11-13-25-61(57)68(59)63/h2-38H,1H3. The number of rotatable bonds is 4. The first-order valence-corrected chi connectivity index (χ1v) is 23.5. The second-order valence-corrected chi connectivity index (χ2v) is 18.6. The molecule has 14 aromatic rings. The number of imidazole rings is 2. The SMILES string of the molecule is CC1(c2ccccc2-c2ccc(-c3ccc4c(c3)c3ccccc3c3nc5ccccc5n43)cc2)c2ccccc2-c2ccc(-c3ccc4c(c3)c3ccccc3c3nc5ccccc5n43)cc21. The summed E-state index contributed by atoms with van der Waals surface area (Å²) in [5, 5.41) is 7.18. The van der Waals surface area contributed by atoms with Crippen LogP contribution in [-0.4, -0.2) is 18.8 Å². The monoisotopic (exact) mass is 864 g/mol. The molecule has 0 spiro atoms. The van der Waals surface area contributed by atoms with E-state index in [1.54, 1.807) is 0 Å². The van der Waals surface area contributed by atoms with Gasteiger partial charge in [-0.15, -0.1) is 0 Å². The summed E-state index contributed by atoms with van der Waals surface area (Å²) in [5.74, 6) is 0. The van der Waals surface area contributed by atoms with E-state index < -0.39 is 5.41 Å². The maximum absolute atomic E-state index is 5.12. The molecule has 0 amide bonds. The molecule has 0 saturated heterocycles. The highest BCUT2D eigenvalue weighted by Gasteiger charge is 2.42. The smallest absolute Gasteiger partial charge is 0.146 e. The first-order chi connectivity index (χ1) is 33.6. The Labute approximate surface area is 391 Å². The number of fused-ring (bicyclic) bond motifs is 19. The fourth-order valence-electron chi connectivity index (χ4n) is 12.0. The summed E-state index contributed by atoms with van der Waals surface area (Å²) in [6, 6.07) is 82.5. The average molecular weight is 865 g/mol. The lowest BCUT2D eigenvalue weighted by Crippen LogP contribution is -2.23. The number of pyridine rings is 2. The van der Waals surface area contributed by atoms with Crippen molar-refractivity contribution in [2.45, 2.75) is 12.3 Å². The maximum Gasteiger partial charge on any atom is 0.146 e. The second kappa shape index (κ2) is 13.8. The molecule has 0 radical (unpaired) electrons. The minimum atomic E-state index is -0.412. The topological polar surface area (TPSA) is 34.6 Å². The zero-order valence-electron chi connectivity index (χ0n) is 37.2. The molecule has 0 N–H and O–H groups in total. The van der Waals surface area contributed by atoms with E-state index in [1.165, 1.54) is 82.7 Å². The van der Waals surface area contributed by atoms with Crippen molar-refractivity contribution < 1.29 is 0 Å². The number of hydrogen-bond donors (Lipinski definition) is 0. The lowest BCUT2D eigenvalue weighted by Gasteiger charge is -2.31. The highest BCUT2D eigenvalue weighted by Crippen LogP contribution is 2.55. The van der Waals surface area contributed by atoms with Gasteiger partial charge in [0.1, 0.15) is 11.3 Å². The van der Waals surface area contributed by atoms with Gasteiger partial charge in [-0.2, -0.15) is 0 Å². The predicted octanol–water partition coefficient (Wildman–Crippen LogP) is 16.2. The van der Waals surface area contributed by atoms with Crippen LogP contribution in [0.1, 0.15) is 23.6 Å². The van der Waals surface area contributed by atoms with E-state index >= 15 is 0 Å². The molecule has 0 saturated carbocycles. The highest BCUT2D eigenvalue weighted by molar-refractivity contribution is 6.16. The Hall–Kier alpha value is -8.86. The fourth-order valence-corrected chi connectivity index (χ4v) is 12.0. The van der Waals surface area contributed by atoms with Gasteiger partial charge in [0, 0.05) is 27.0 Å². The Bertz CT molecular complexity index is 4460. The molecule has 4 nitrogen and oxygen atoms in total. The van der Waals surface area contributed by atoms with Crippen LogP contribution in [0.15, 0.2) is 224 Å². The minimum Gasteiger partial charge on any atom is -0.292 e. The predicted molar refractivity (Wildman–Crippen MR) is 283 cm³/mol. The van der Waals surface area contributed by atoms with E-state index in [0.717, 1.165) is 55.2 Å². The van der Waals surface area contributed by atoms with Gasteiger partial charge in [0.25, 0.3) is 0 Å². The van der Waals surface area contributed by atoms with Crippen molar-refractivity contribution in [2.24, 2.45) is 0 Å². The van der Waals surface area contributed by atoms with Crippen LogP contribution in [0.25, 0.3) is 121 Å². The van der Waals surface area contributed by atoms with Crippen molar-refractivity contribution in [1.29, 1.82) is 0 Å². The summed E-state index contributed by atoms with van der Waals surface area (Å²) in [6.07, 6.45) is 0. The Kier molecular flexibility index (Phi) is 7.60.